The fraction of sp³-hybridized carbons (Fsp3) is 0.333. The Morgan fingerprint density at radius 3 is 2.47 bits per heavy atom. The number of benzene rings is 1. The van der Waals surface area contributed by atoms with Gasteiger partial charge in [-0.25, -0.2) is 0 Å². The molecule has 0 N–H and O–H groups in total. The van der Waals surface area contributed by atoms with Gasteiger partial charge in [0.15, 0.2) is 0 Å². The van der Waals surface area contributed by atoms with E-state index in [0.717, 1.165) is 0 Å². The van der Waals surface area contributed by atoms with E-state index >= 15 is 0 Å². The highest BCUT2D eigenvalue weighted by Crippen LogP contribution is 2.30. The minimum atomic E-state index is -0.0125. The maximum atomic E-state index is 6.44. The standard InChI is InChI=1S/C15H17ClS/c1-2-3-4-12-5-7-13(8-6-12)15(16)14-9-10-17-11-14/h5-11,15H,2-4H2,1H3. The first kappa shape index (κ1) is 12.7. The highest BCUT2D eigenvalue weighted by atomic mass is 35.5. The van der Waals surface area contributed by atoms with Gasteiger partial charge in [0.05, 0.1) is 5.38 Å². The van der Waals surface area contributed by atoms with Gasteiger partial charge in [0.1, 0.15) is 0 Å². The van der Waals surface area contributed by atoms with Gasteiger partial charge < -0.3 is 0 Å². The lowest BCUT2D eigenvalue weighted by Gasteiger charge is -2.09. The molecule has 0 nitrogen and oxygen atoms in total. The molecule has 0 aliphatic heterocycles. The molecule has 0 saturated carbocycles. The largest absolute Gasteiger partial charge is 0.152 e. The molecule has 90 valence electrons. The molecule has 1 unspecified atom stereocenters. The summed E-state index contributed by atoms with van der Waals surface area (Å²) in [7, 11) is 0. The predicted molar refractivity (Wildman–Crippen MR) is 77.1 cm³/mol. The van der Waals surface area contributed by atoms with Gasteiger partial charge in [-0.05, 0) is 46.4 Å². The molecule has 0 fully saturated rings. The minimum absolute atomic E-state index is 0.0125. The van der Waals surface area contributed by atoms with Crippen LogP contribution in [-0.2, 0) is 6.42 Å². The van der Waals surface area contributed by atoms with E-state index in [0.29, 0.717) is 0 Å². The van der Waals surface area contributed by atoms with Crippen LogP contribution in [0.5, 0.6) is 0 Å². The number of thiophene rings is 1. The van der Waals surface area contributed by atoms with E-state index < -0.39 is 0 Å². The number of rotatable bonds is 5. The van der Waals surface area contributed by atoms with Crippen molar-refractivity contribution in [2.45, 2.75) is 31.6 Å². The zero-order chi connectivity index (χ0) is 12.1. The van der Waals surface area contributed by atoms with Crippen LogP contribution in [0.1, 0.15) is 41.8 Å². The summed E-state index contributed by atoms with van der Waals surface area (Å²) in [6.45, 7) is 2.22. The third-order valence-corrected chi connectivity index (χ3v) is 4.13. The maximum absolute atomic E-state index is 6.44. The van der Waals surface area contributed by atoms with Crippen LogP contribution in [0.2, 0.25) is 0 Å². The summed E-state index contributed by atoms with van der Waals surface area (Å²) in [5, 5.41) is 4.17. The topological polar surface area (TPSA) is 0 Å². The second kappa shape index (κ2) is 6.23. The molecule has 0 aliphatic rings. The van der Waals surface area contributed by atoms with Crippen LogP contribution < -0.4 is 0 Å². The van der Waals surface area contributed by atoms with E-state index in [1.807, 2.05) is 0 Å². The van der Waals surface area contributed by atoms with Crippen molar-refractivity contribution < 1.29 is 0 Å². The number of halogens is 1. The first-order valence-corrected chi connectivity index (χ1v) is 7.44. The highest BCUT2D eigenvalue weighted by molar-refractivity contribution is 7.08. The molecule has 1 atom stereocenters. The Balaban J connectivity index is 2.07. The second-order valence-electron chi connectivity index (χ2n) is 4.26. The zero-order valence-electron chi connectivity index (χ0n) is 10.0. The Hall–Kier alpha value is -0.790. The van der Waals surface area contributed by atoms with Crippen LogP contribution in [0.15, 0.2) is 41.1 Å². The van der Waals surface area contributed by atoms with Crippen LogP contribution in [0.4, 0.5) is 0 Å². The van der Waals surface area contributed by atoms with Gasteiger partial charge in [0.25, 0.3) is 0 Å². The van der Waals surface area contributed by atoms with Crippen LogP contribution >= 0.6 is 22.9 Å². The zero-order valence-corrected chi connectivity index (χ0v) is 11.6. The quantitative estimate of drug-likeness (QED) is 0.633. The van der Waals surface area contributed by atoms with Crippen molar-refractivity contribution in [3.8, 4) is 0 Å². The maximum Gasteiger partial charge on any atom is 0.0843 e. The number of alkyl halides is 1. The molecule has 2 heteroatoms. The molecule has 0 bridgehead atoms. The van der Waals surface area contributed by atoms with E-state index in [4.69, 9.17) is 11.6 Å². The second-order valence-corrected chi connectivity index (χ2v) is 5.48. The summed E-state index contributed by atoms with van der Waals surface area (Å²) in [6.07, 6.45) is 3.67. The molecule has 1 heterocycles. The van der Waals surface area contributed by atoms with Crippen molar-refractivity contribution in [1.29, 1.82) is 0 Å². The van der Waals surface area contributed by atoms with Crippen molar-refractivity contribution >= 4 is 22.9 Å². The van der Waals surface area contributed by atoms with Crippen molar-refractivity contribution in [3.05, 3.63) is 57.8 Å². The Morgan fingerprint density at radius 2 is 1.88 bits per heavy atom. The molecule has 17 heavy (non-hydrogen) atoms. The molecule has 0 radical (unpaired) electrons. The van der Waals surface area contributed by atoms with Gasteiger partial charge >= 0.3 is 0 Å². The van der Waals surface area contributed by atoms with Gasteiger partial charge in [-0.2, -0.15) is 11.3 Å². The van der Waals surface area contributed by atoms with Gasteiger partial charge in [0, 0.05) is 0 Å². The van der Waals surface area contributed by atoms with Crippen LogP contribution in [0.25, 0.3) is 0 Å². The lowest BCUT2D eigenvalue weighted by molar-refractivity contribution is 0.794. The van der Waals surface area contributed by atoms with Crippen molar-refractivity contribution in [2.75, 3.05) is 0 Å². The Bertz CT molecular complexity index is 430. The van der Waals surface area contributed by atoms with Gasteiger partial charge in [-0.3, -0.25) is 0 Å². The Kier molecular flexibility index (Phi) is 4.64. The van der Waals surface area contributed by atoms with E-state index in [1.165, 1.54) is 36.0 Å². The molecular formula is C15H17ClS. The minimum Gasteiger partial charge on any atom is -0.152 e. The molecule has 0 saturated heterocycles. The van der Waals surface area contributed by atoms with E-state index in [-0.39, 0.29) is 5.38 Å². The van der Waals surface area contributed by atoms with Gasteiger partial charge in [-0.1, -0.05) is 37.6 Å². The average Bonchev–Trinajstić information content (AvgIpc) is 2.90. The third-order valence-electron chi connectivity index (χ3n) is 2.93. The fourth-order valence-corrected chi connectivity index (χ4v) is 2.89. The summed E-state index contributed by atoms with van der Waals surface area (Å²) in [6, 6.07) is 10.8. The van der Waals surface area contributed by atoms with Gasteiger partial charge in [0.2, 0.25) is 0 Å². The average molecular weight is 265 g/mol. The number of hydrogen-bond donors (Lipinski definition) is 0. The predicted octanol–water partition coefficient (Wildman–Crippen LogP) is 5.42. The van der Waals surface area contributed by atoms with Crippen molar-refractivity contribution in [2.24, 2.45) is 0 Å². The number of hydrogen-bond acceptors (Lipinski definition) is 1. The monoisotopic (exact) mass is 264 g/mol. The molecule has 0 spiro atoms. The fourth-order valence-electron chi connectivity index (χ4n) is 1.85. The summed E-state index contributed by atoms with van der Waals surface area (Å²) in [5.74, 6) is 0. The first-order chi connectivity index (χ1) is 8.31. The van der Waals surface area contributed by atoms with Crippen molar-refractivity contribution in [3.63, 3.8) is 0 Å². The molecule has 0 aliphatic carbocycles. The van der Waals surface area contributed by atoms with Crippen LogP contribution in [0, 0.1) is 0 Å². The highest BCUT2D eigenvalue weighted by Gasteiger charge is 2.10. The first-order valence-electron chi connectivity index (χ1n) is 6.06. The Labute approximate surface area is 112 Å². The van der Waals surface area contributed by atoms with Crippen molar-refractivity contribution in [1.82, 2.24) is 0 Å². The Morgan fingerprint density at radius 1 is 1.12 bits per heavy atom. The molecule has 0 amide bonds. The van der Waals surface area contributed by atoms with E-state index in [1.54, 1.807) is 11.3 Å². The third kappa shape index (κ3) is 3.34. The molecule has 2 aromatic rings. The number of unbranched alkanes of at least 4 members (excludes halogenated alkanes) is 1. The summed E-state index contributed by atoms with van der Waals surface area (Å²) in [4.78, 5) is 0. The summed E-state index contributed by atoms with van der Waals surface area (Å²) in [5.41, 5.74) is 3.79. The SMILES string of the molecule is CCCCc1ccc(C(Cl)c2ccsc2)cc1. The summed E-state index contributed by atoms with van der Waals surface area (Å²) < 4.78 is 0. The lowest BCUT2D eigenvalue weighted by Crippen LogP contribution is -1.92. The number of aryl methyl sites for hydroxylation is 1. The van der Waals surface area contributed by atoms with Gasteiger partial charge in [-0.15, -0.1) is 11.6 Å². The lowest BCUT2D eigenvalue weighted by atomic mass is 10.0. The van der Waals surface area contributed by atoms with Crippen LogP contribution in [0.3, 0.4) is 0 Å². The van der Waals surface area contributed by atoms with E-state index in [2.05, 4.69) is 48.0 Å². The molecule has 2 rings (SSSR count). The molecule has 1 aromatic carbocycles. The molecule has 1 aromatic heterocycles. The molecular weight excluding hydrogens is 248 g/mol. The smallest absolute Gasteiger partial charge is 0.0843 e. The normalized spacial score (nSPS) is 12.6. The van der Waals surface area contributed by atoms with Crippen LogP contribution in [-0.4, -0.2) is 0 Å². The summed E-state index contributed by atoms with van der Waals surface area (Å²) >= 11 is 8.13. The van der Waals surface area contributed by atoms with E-state index in [9.17, 15) is 0 Å².